The zero-order valence-corrected chi connectivity index (χ0v) is 9.61. The Bertz CT molecular complexity index is 580. The van der Waals surface area contributed by atoms with Crippen molar-refractivity contribution >= 4 is 5.78 Å². The molecule has 18 heavy (non-hydrogen) atoms. The number of ether oxygens (including phenoxy) is 1. The van der Waals surface area contributed by atoms with Gasteiger partial charge in [-0.3, -0.25) is 4.79 Å². The van der Waals surface area contributed by atoms with E-state index in [9.17, 15) is 13.6 Å². The smallest absolute Gasteiger partial charge is 0.201 e. The van der Waals surface area contributed by atoms with E-state index >= 15 is 0 Å². The highest BCUT2D eigenvalue weighted by Gasteiger charge is 2.20. The van der Waals surface area contributed by atoms with E-state index in [-0.39, 0.29) is 11.3 Å². The van der Waals surface area contributed by atoms with Crippen LogP contribution < -0.4 is 4.74 Å². The van der Waals surface area contributed by atoms with Crippen LogP contribution >= 0.6 is 0 Å². The fourth-order valence-corrected chi connectivity index (χ4v) is 1.66. The first kappa shape index (κ1) is 12.2. The minimum absolute atomic E-state index is 0.00241. The summed E-state index contributed by atoms with van der Waals surface area (Å²) in [5, 5.41) is 0. The van der Waals surface area contributed by atoms with Crippen molar-refractivity contribution in [1.29, 1.82) is 0 Å². The van der Waals surface area contributed by atoms with Gasteiger partial charge in [0.25, 0.3) is 0 Å². The maximum atomic E-state index is 13.5. The molecule has 0 aliphatic carbocycles. The number of carbonyl (C=O) groups excluding carboxylic acids is 1. The van der Waals surface area contributed by atoms with Crippen molar-refractivity contribution in [2.24, 2.45) is 0 Å². The van der Waals surface area contributed by atoms with E-state index in [1.54, 1.807) is 30.3 Å². The predicted octanol–water partition coefficient (Wildman–Crippen LogP) is 3.20. The molecule has 0 radical (unpaired) electrons. The van der Waals surface area contributed by atoms with Crippen molar-refractivity contribution in [3.63, 3.8) is 0 Å². The van der Waals surface area contributed by atoms with E-state index in [2.05, 4.69) is 0 Å². The highest BCUT2D eigenvalue weighted by Crippen LogP contribution is 2.26. The molecule has 0 aliphatic heterocycles. The molecule has 92 valence electrons. The van der Waals surface area contributed by atoms with Gasteiger partial charge in [-0.2, -0.15) is 4.39 Å². The number of carbonyl (C=O) groups is 1. The summed E-state index contributed by atoms with van der Waals surface area (Å²) in [6, 6.07) is 10.5. The topological polar surface area (TPSA) is 26.3 Å². The maximum absolute atomic E-state index is 13.5. The molecule has 0 aliphatic rings. The lowest BCUT2D eigenvalue weighted by Crippen LogP contribution is -2.06. The maximum Gasteiger partial charge on any atom is 0.201 e. The molecule has 0 atom stereocenters. The van der Waals surface area contributed by atoms with Crippen molar-refractivity contribution in [3.8, 4) is 5.75 Å². The van der Waals surface area contributed by atoms with Gasteiger partial charge in [0, 0.05) is 5.56 Å². The number of ketones is 1. The zero-order valence-electron chi connectivity index (χ0n) is 9.61. The minimum atomic E-state index is -1.15. The van der Waals surface area contributed by atoms with Gasteiger partial charge in [0.05, 0.1) is 12.7 Å². The molecule has 0 N–H and O–H groups in total. The van der Waals surface area contributed by atoms with E-state index < -0.39 is 17.4 Å². The number of hydrogen-bond acceptors (Lipinski definition) is 2. The first-order valence-electron chi connectivity index (χ1n) is 5.27. The normalized spacial score (nSPS) is 10.2. The quantitative estimate of drug-likeness (QED) is 0.780. The van der Waals surface area contributed by atoms with Crippen molar-refractivity contribution in [3.05, 3.63) is 65.2 Å². The first-order chi connectivity index (χ1) is 8.65. The molecule has 0 saturated carbocycles. The highest BCUT2D eigenvalue weighted by atomic mass is 19.2. The van der Waals surface area contributed by atoms with E-state index in [1.807, 2.05) is 0 Å². The van der Waals surface area contributed by atoms with Crippen LogP contribution in [0.3, 0.4) is 0 Å². The van der Waals surface area contributed by atoms with E-state index in [0.29, 0.717) is 5.56 Å². The van der Waals surface area contributed by atoms with Gasteiger partial charge in [0.1, 0.15) is 0 Å². The van der Waals surface area contributed by atoms with Crippen LogP contribution in [0, 0.1) is 11.6 Å². The summed E-state index contributed by atoms with van der Waals surface area (Å²) < 4.78 is 31.3. The van der Waals surface area contributed by atoms with Crippen LogP contribution in [0.2, 0.25) is 0 Å². The van der Waals surface area contributed by atoms with E-state index in [1.165, 1.54) is 13.2 Å². The largest absolute Gasteiger partial charge is 0.493 e. The summed E-state index contributed by atoms with van der Waals surface area (Å²) in [6.45, 7) is 0. The number of methoxy groups -OCH3 is 1. The second-order valence-corrected chi connectivity index (χ2v) is 3.64. The molecule has 2 rings (SSSR count). The summed E-state index contributed by atoms with van der Waals surface area (Å²) in [5.41, 5.74) is 0.393. The van der Waals surface area contributed by atoms with Crippen molar-refractivity contribution in [2.75, 3.05) is 7.11 Å². The third-order valence-electron chi connectivity index (χ3n) is 2.53. The fraction of sp³-hybridized carbons (Fsp3) is 0.0714. The molecular weight excluding hydrogens is 238 g/mol. The number of halogens is 2. The molecule has 0 unspecified atom stereocenters. The second kappa shape index (κ2) is 4.96. The van der Waals surface area contributed by atoms with Gasteiger partial charge in [-0.1, -0.05) is 30.3 Å². The number of hydrogen-bond donors (Lipinski definition) is 0. The average Bonchev–Trinajstić information content (AvgIpc) is 2.42. The van der Waals surface area contributed by atoms with Gasteiger partial charge in [0.15, 0.2) is 17.3 Å². The van der Waals surface area contributed by atoms with Crippen LogP contribution in [0.15, 0.2) is 42.5 Å². The SMILES string of the molecule is COc1c(C(=O)c2ccccc2)ccc(F)c1F. The van der Waals surface area contributed by atoms with Gasteiger partial charge in [-0.05, 0) is 12.1 Å². The van der Waals surface area contributed by atoms with E-state index in [0.717, 1.165) is 6.07 Å². The van der Waals surface area contributed by atoms with Crippen molar-refractivity contribution < 1.29 is 18.3 Å². The lowest BCUT2D eigenvalue weighted by atomic mass is 10.0. The summed E-state index contributed by atoms with van der Waals surface area (Å²) >= 11 is 0. The number of benzene rings is 2. The monoisotopic (exact) mass is 248 g/mol. The van der Waals surface area contributed by atoms with Crippen LogP contribution in [-0.4, -0.2) is 12.9 Å². The first-order valence-corrected chi connectivity index (χ1v) is 5.27. The number of rotatable bonds is 3. The molecule has 0 spiro atoms. The Balaban J connectivity index is 2.52. The fourth-order valence-electron chi connectivity index (χ4n) is 1.66. The Hall–Kier alpha value is -2.23. The minimum Gasteiger partial charge on any atom is -0.493 e. The Labute approximate surface area is 103 Å². The molecule has 2 aromatic carbocycles. The molecular formula is C14H10F2O2. The predicted molar refractivity (Wildman–Crippen MR) is 62.8 cm³/mol. The standard InChI is InChI=1S/C14H10F2O2/c1-18-14-10(7-8-11(15)12(14)16)13(17)9-5-3-2-4-6-9/h2-8H,1H3. The van der Waals surface area contributed by atoms with E-state index in [4.69, 9.17) is 4.74 Å². The highest BCUT2D eigenvalue weighted by molar-refractivity contribution is 6.10. The van der Waals surface area contributed by atoms with Crippen LogP contribution in [0.5, 0.6) is 5.75 Å². The van der Waals surface area contributed by atoms with Crippen LogP contribution in [0.1, 0.15) is 15.9 Å². The van der Waals surface area contributed by atoms with Crippen molar-refractivity contribution in [2.45, 2.75) is 0 Å². The lowest BCUT2D eigenvalue weighted by Gasteiger charge is -2.09. The molecule has 4 heteroatoms. The van der Waals surface area contributed by atoms with Gasteiger partial charge >= 0.3 is 0 Å². The van der Waals surface area contributed by atoms with Crippen LogP contribution in [0.25, 0.3) is 0 Å². The Kier molecular flexibility index (Phi) is 3.37. The second-order valence-electron chi connectivity index (χ2n) is 3.64. The Morgan fingerprint density at radius 2 is 1.72 bits per heavy atom. The summed E-state index contributed by atoms with van der Waals surface area (Å²) in [7, 11) is 1.19. The summed E-state index contributed by atoms with van der Waals surface area (Å²) in [4.78, 5) is 12.1. The molecule has 0 saturated heterocycles. The van der Waals surface area contributed by atoms with Crippen LogP contribution in [-0.2, 0) is 0 Å². The molecule has 2 aromatic rings. The Morgan fingerprint density at radius 3 is 2.33 bits per heavy atom. The third kappa shape index (κ3) is 2.09. The zero-order chi connectivity index (χ0) is 13.1. The molecule has 0 aromatic heterocycles. The van der Waals surface area contributed by atoms with Gasteiger partial charge in [0.2, 0.25) is 5.82 Å². The molecule has 0 heterocycles. The average molecular weight is 248 g/mol. The van der Waals surface area contributed by atoms with Crippen molar-refractivity contribution in [1.82, 2.24) is 0 Å². The summed E-state index contributed by atoms with van der Waals surface area (Å²) in [6.07, 6.45) is 0. The van der Waals surface area contributed by atoms with Gasteiger partial charge < -0.3 is 4.74 Å². The molecule has 0 bridgehead atoms. The lowest BCUT2D eigenvalue weighted by molar-refractivity contribution is 0.103. The molecule has 2 nitrogen and oxygen atoms in total. The Morgan fingerprint density at radius 1 is 1.06 bits per heavy atom. The molecule has 0 amide bonds. The third-order valence-corrected chi connectivity index (χ3v) is 2.53. The van der Waals surface area contributed by atoms with Gasteiger partial charge in [-0.25, -0.2) is 4.39 Å². The van der Waals surface area contributed by atoms with Gasteiger partial charge in [-0.15, -0.1) is 0 Å². The van der Waals surface area contributed by atoms with Crippen LogP contribution in [0.4, 0.5) is 8.78 Å². The summed E-state index contributed by atoms with van der Waals surface area (Å²) in [5.74, 6) is -2.98. The molecule has 0 fully saturated rings.